The van der Waals surface area contributed by atoms with E-state index in [1.165, 1.54) is 24.3 Å². The normalized spacial score (nSPS) is 11.1. The SMILES string of the molecule is CCS(=O)(=O)c1ccccc1NC(=O)c1ccc(Cl)nn1. The van der Waals surface area contributed by atoms with Gasteiger partial charge in [-0.05, 0) is 24.3 Å². The number of sulfone groups is 1. The molecule has 2 aromatic rings. The molecule has 110 valence electrons. The number of halogens is 1. The third-order valence-electron chi connectivity index (χ3n) is 2.71. The number of para-hydroxylation sites is 1. The van der Waals surface area contributed by atoms with Gasteiger partial charge in [-0.2, -0.15) is 0 Å². The predicted octanol–water partition coefficient (Wildman–Crippen LogP) is 2.18. The van der Waals surface area contributed by atoms with Crippen molar-refractivity contribution in [3.8, 4) is 0 Å². The highest BCUT2D eigenvalue weighted by molar-refractivity contribution is 7.91. The van der Waals surface area contributed by atoms with Crippen molar-refractivity contribution in [1.82, 2.24) is 10.2 Å². The molecular formula is C13H12ClN3O3S. The molecule has 2 rings (SSSR count). The van der Waals surface area contributed by atoms with Crippen LogP contribution in [0.5, 0.6) is 0 Å². The van der Waals surface area contributed by atoms with Gasteiger partial charge in [0, 0.05) is 0 Å². The van der Waals surface area contributed by atoms with Crippen molar-refractivity contribution in [1.29, 1.82) is 0 Å². The van der Waals surface area contributed by atoms with Crippen LogP contribution in [0, 0.1) is 0 Å². The first-order valence-corrected chi connectivity index (χ1v) is 8.09. The van der Waals surface area contributed by atoms with Crippen LogP contribution in [0.15, 0.2) is 41.3 Å². The van der Waals surface area contributed by atoms with E-state index >= 15 is 0 Å². The van der Waals surface area contributed by atoms with E-state index in [0.29, 0.717) is 0 Å². The average Bonchev–Trinajstić information content (AvgIpc) is 2.48. The highest BCUT2D eigenvalue weighted by atomic mass is 35.5. The van der Waals surface area contributed by atoms with Gasteiger partial charge in [-0.25, -0.2) is 8.42 Å². The van der Waals surface area contributed by atoms with Crippen molar-refractivity contribution in [3.63, 3.8) is 0 Å². The summed E-state index contributed by atoms with van der Waals surface area (Å²) in [5.74, 6) is -0.612. The molecule has 0 aliphatic heterocycles. The van der Waals surface area contributed by atoms with Gasteiger partial charge in [0.05, 0.1) is 16.3 Å². The van der Waals surface area contributed by atoms with Gasteiger partial charge in [0.1, 0.15) is 0 Å². The van der Waals surface area contributed by atoms with E-state index in [2.05, 4.69) is 15.5 Å². The minimum Gasteiger partial charge on any atom is -0.319 e. The molecule has 0 aliphatic carbocycles. The second kappa shape index (κ2) is 6.19. The van der Waals surface area contributed by atoms with Gasteiger partial charge in [-0.3, -0.25) is 4.79 Å². The Morgan fingerprint density at radius 3 is 2.52 bits per heavy atom. The molecule has 0 bridgehead atoms. The quantitative estimate of drug-likeness (QED) is 0.930. The van der Waals surface area contributed by atoms with Crippen LogP contribution in [0.1, 0.15) is 17.4 Å². The Bertz CT molecular complexity index is 760. The molecule has 0 radical (unpaired) electrons. The van der Waals surface area contributed by atoms with Crippen LogP contribution in [-0.4, -0.2) is 30.3 Å². The Morgan fingerprint density at radius 1 is 1.19 bits per heavy atom. The molecule has 1 amide bonds. The van der Waals surface area contributed by atoms with Crippen LogP contribution in [-0.2, 0) is 9.84 Å². The number of aromatic nitrogens is 2. The van der Waals surface area contributed by atoms with Gasteiger partial charge in [0.2, 0.25) is 0 Å². The second-order valence-electron chi connectivity index (χ2n) is 4.10. The summed E-state index contributed by atoms with van der Waals surface area (Å²) < 4.78 is 24.0. The Labute approximate surface area is 127 Å². The van der Waals surface area contributed by atoms with E-state index in [9.17, 15) is 13.2 Å². The zero-order valence-corrected chi connectivity index (χ0v) is 12.6. The smallest absolute Gasteiger partial charge is 0.276 e. The largest absolute Gasteiger partial charge is 0.319 e. The zero-order chi connectivity index (χ0) is 15.5. The molecule has 0 unspecified atom stereocenters. The third kappa shape index (κ3) is 3.56. The number of nitrogens with one attached hydrogen (secondary N) is 1. The third-order valence-corrected chi connectivity index (χ3v) is 4.70. The highest BCUT2D eigenvalue weighted by Gasteiger charge is 2.18. The molecule has 1 aromatic heterocycles. The summed E-state index contributed by atoms with van der Waals surface area (Å²) in [5, 5.41) is 9.90. The van der Waals surface area contributed by atoms with Crippen molar-refractivity contribution in [2.24, 2.45) is 0 Å². The summed E-state index contributed by atoms with van der Waals surface area (Å²) >= 11 is 5.60. The van der Waals surface area contributed by atoms with Crippen LogP contribution in [0.4, 0.5) is 5.69 Å². The van der Waals surface area contributed by atoms with Crippen LogP contribution >= 0.6 is 11.6 Å². The maximum atomic E-state index is 12.0. The number of hydrogen-bond donors (Lipinski definition) is 1. The molecule has 8 heteroatoms. The van der Waals surface area contributed by atoms with Crippen molar-refractivity contribution >= 4 is 33.0 Å². The Kier molecular flexibility index (Phi) is 4.54. The Morgan fingerprint density at radius 2 is 1.90 bits per heavy atom. The summed E-state index contributed by atoms with van der Waals surface area (Å²) in [6, 6.07) is 9.03. The zero-order valence-electron chi connectivity index (χ0n) is 11.1. The highest BCUT2D eigenvalue weighted by Crippen LogP contribution is 2.22. The standard InChI is InChI=1S/C13H12ClN3O3S/c1-2-21(19,20)11-6-4-3-5-9(11)15-13(18)10-7-8-12(14)17-16-10/h3-8H,2H2,1H3,(H,15,18). The molecule has 0 saturated heterocycles. The van der Waals surface area contributed by atoms with E-state index < -0.39 is 15.7 Å². The van der Waals surface area contributed by atoms with Crippen LogP contribution < -0.4 is 5.32 Å². The van der Waals surface area contributed by atoms with Crippen molar-refractivity contribution < 1.29 is 13.2 Å². The van der Waals surface area contributed by atoms with Crippen LogP contribution in [0.2, 0.25) is 5.15 Å². The van der Waals surface area contributed by atoms with Gasteiger partial charge in [0.25, 0.3) is 5.91 Å². The van der Waals surface area contributed by atoms with Gasteiger partial charge < -0.3 is 5.32 Å². The summed E-state index contributed by atoms with van der Waals surface area (Å²) in [4.78, 5) is 12.1. The molecular weight excluding hydrogens is 314 g/mol. The number of carbonyl (C=O) groups excluding carboxylic acids is 1. The lowest BCUT2D eigenvalue weighted by atomic mass is 10.3. The summed E-state index contributed by atoms with van der Waals surface area (Å²) in [7, 11) is -3.44. The summed E-state index contributed by atoms with van der Waals surface area (Å²) in [6.07, 6.45) is 0. The molecule has 0 fully saturated rings. The lowest BCUT2D eigenvalue weighted by molar-refractivity contribution is 0.102. The molecule has 0 spiro atoms. The Balaban J connectivity index is 2.32. The van der Waals surface area contributed by atoms with Crippen molar-refractivity contribution in [2.45, 2.75) is 11.8 Å². The van der Waals surface area contributed by atoms with Gasteiger partial charge in [-0.15, -0.1) is 10.2 Å². The van der Waals surface area contributed by atoms with Crippen LogP contribution in [0.3, 0.4) is 0 Å². The number of carbonyl (C=O) groups is 1. The van der Waals surface area contributed by atoms with E-state index in [1.54, 1.807) is 19.1 Å². The van der Waals surface area contributed by atoms with E-state index in [-0.39, 0.29) is 27.2 Å². The molecule has 0 aliphatic rings. The van der Waals surface area contributed by atoms with E-state index in [4.69, 9.17) is 11.6 Å². The van der Waals surface area contributed by atoms with Gasteiger partial charge in [-0.1, -0.05) is 30.7 Å². The number of rotatable bonds is 4. The van der Waals surface area contributed by atoms with E-state index in [1.807, 2.05) is 0 Å². The minimum absolute atomic E-state index is 0.0445. The van der Waals surface area contributed by atoms with Gasteiger partial charge >= 0.3 is 0 Å². The van der Waals surface area contributed by atoms with Gasteiger partial charge in [0.15, 0.2) is 20.7 Å². The van der Waals surface area contributed by atoms with Crippen molar-refractivity contribution in [3.05, 3.63) is 47.2 Å². The number of anilines is 1. The first-order chi connectivity index (χ1) is 9.94. The Hall–Kier alpha value is -1.99. The fraction of sp³-hybridized carbons (Fsp3) is 0.154. The fourth-order valence-electron chi connectivity index (χ4n) is 1.62. The number of amides is 1. The fourth-order valence-corrected chi connectivity index (χ4v) is 2.77. The molecule has 0 atom stereocenters. The average molecular weight is 326 g/mol. The first kappa shape index (κ1) is 15.4. The first-order valence-electron chi connectivity index (χ1n) is 6.06. The van der Waals surface area contributed by atoms with Crippen molar-refractivity contribution in [2.75, 3.05) is 11.1 Å². The monoisotopic (exact) mass is 325 g/mol. The molecule has 0 saturated carbocycles. The minimum atomic E-state index is -3.44. The maximum Gasteiger partial charge on any atom is 0.276 e. The lowest BCUT2D eigenvalue weighted by Crippen LogP contribution is -2.17. The number of benzene rings is 1. The van der Waals surface area contributed by atoms with Crippen LogP contribution in [0.25, 0.3) is 0 Å². The molecule has 6 nitrogen and oxygen atoms in total. The summed E-state index contributed by atoms with van der Waals surface area (Å²) in [5.41, 5.74) is 0.254. The summed E-state index contributed by atoms with van der Waals surface area (Å²) in [6.45, 7) is 1.54. The number of nitrogens with zero attached hydrogens (tertiary/aromatic N) is 2. The predicted molar refractivity (Wildman–Crippen MR) is 79.2 cm³/mol. The number of hydrogen-bond acceptors (Lipinski definition) is 5. The molecule has 21 heavy (non-hydrogen) atoms. The molecule has 1 aromatic carbocycles. The lowest BCUT2D eigenvalue weighted by Gasteiger charge is -2.10. The topological polar surface area (TPSA) is 89.0 Å². The second-order valence-corrected chi connectivity index (χ2v) is 6.73. The molecule has 1 N–H and O–H groups in total. The maximum absolute atomic E-state index is 12.0. The molecule has 1 heterocycles. The van der Waals surface area contributed by atoms with E-state index in [0.717, 1.165) is 0 Å².